The van der Waals surface area contributed by atoms with E-state index in [-0.39, 0.29) is 17.8 Å². The lowest BCUT2D eigenvalue weighted by molar-refractivity contribution is -0.384. The molecule has 0 atom stereocenters. The van der Waals surface area contributed by atoms with Gasteiger partial charge in [0.25, 0.3) is 5.69 Å². The number of aromatic nitrogens is 3. The Hall–Kier alpha value is -2.28. The fourth-order valence-electron chi connectivity index (χ4n) is 2.15. The lowest BCUT2D eigenvalue weighted by Gasteiger charge is -2.24. The molecule has 7 heteroatoms. The molecule has 0 saturated heterocycles. The maximum absolute atomic E-state index is 11.2. The van der Waals surface area contributed by atoms with Crippen LogP contribution in [0.4, 0.5) is 5.69 Å². The normalized spacial score (nSPS) is 11.6. The van der Waals surface area contributed by atoms with Crippen LogP contribution in [0.1, 0.15) is 26.6 Å². The molecule has 0 aliphatic heterocycles. The van der Waals surface area contributed by atoms with E-state index >= 15 is 0 Å². The van der Waals surface area contributed by atoms with Crippen LogP contribution in [0, 0.1) is 10.1 Å². The summed E-state index contributed by atoms with van der Waals surface area (Å²) in [5, 5.41) is 19.3. The number of nitrogens with zero attached hydrogens (tertiary/aromatic N) is 4. The fraction of sp³-hybridized carbons (Fsp3) is 0.385. The van der Waals surface area contributed by atoms with E-state index in [1.807, 2.05) is 25.3 Å². The minimum Gasteiger partial charge on any atom is -0.324 e. The Balaban J connectivity index is 2.72. The molecule has 1 aromatic heterocycles. The second-order valence-electron chi connectivity index (χ2n) is 5.42. The van der Waals surface area contributed by atoms with Gasteiger partial charge in [0.1, 0.15) is 5.82 Å². The zero-order chi connectivity index (χ0) is 14.9. The van der Waals surface area contributed by atoms with Crippen LogP contribution in [0.5, 0.6) is 0 Å². The van der Waals surface area contributed by atoms with E-state index < -0.39 is 4.92 Å². The first-order valence-electron chi connectivity index (χ1n) is 6.25. The third kappa shape index (κ3) is 2.39. The van der Waals surface area contributed by atoms with Crippen molar-refractivity contribution in [2.45, 2.75) is 32.9 Å². The third-order valence-corrected chi connectivity index (χ3v) is 2.93. The van der Waals surface area contributed by atoms with E-state index in [0.717, 1.165) is 0 Å². The molecule has 0 spiro atoms. The van der Waals surface area contributed by atoms with Gasteiger partial charge in [0.15, 0.2) is 5.82 Å². The summed E-state index contributed by atoms with van der Waals surface area (Å²) in [6.45, 7) is 6.17. The lowest BCUT2D eigenvalue weighted by Crippen LogP contribution is -2.26. The zero-order valence-electron chi connectivity index (χ0n) is 11.7. The number of para-hydroxylation sites is 1. The van der Waals surface area contributed by atoms with Gasteiger partial charge in [-0.3, -0.25) is 10.1 Å². The minimum atomic E-state index is -0.418. The molecule has 20 heavy (non-hydrogen) atoms. The van der Waals surface area contributed by atoms with Crippen molar-refractivity contribution in [3.63, 3.8) is 0 Å². The molecule has 7 nitrogen and oxygen atoms in total. The molecule has 0 unspecified atom stereocenters. The summed E-state index contributed by atoms with van der Waals surface area (Å²) in [6, 6.07) is 6.50. The molecular weight excluding hydrogens is 258 g/mol. The van der Waals surface area contributed by atoms with Crippen molar-refractivity contribution in [1.82, 2.24) is 14.8 Å². The highest BCUT2D eigenvalue weighted by atomic mass is 16.6. The van der Waals surface area contributed by atoms with Crippen LogP contribution < -0.4 is 5.73 Å². The van der Waals surface area contributed by atoms with Crippen LogP contribution in [0.2, 0.25) is 0 Å². The smallest absolute Gasteiger partial charge is 0.280 e. The number of nitrogens with two attached hydrogens (primary N) is 1. The molecule has 0 bridgehead atoms. The monoisotopic (exact) mass is 275 g/mol. The number of hydrogen-bond donors (Lipinski definition) is 1. The van der Waals surface area contributed by atoms with Crippen LogP contribution in [0.25, 0.3) is 11.4 Å². The van der Waals surface area contributed by atoms with Crippen molar-refractivity contribution in [1.29, 1.82) is 0 Å². The maximum Gasteiger partial charge on any atom is 0.280 e. The second-order valence-corrected chi connectivity index (χ2v) is 5.42. The molecule has 0 aliphatic carbocycles. The molecule has 0 amide bonds. The van der Waals surface area contributed by atoms with Gasteiger partial charge in [0.05, 0.1) is 17.0 Å². The highest BCUT2D eigenvalue weighted by Gasteiger charge is 2.27. The average molecular weight is 275 g/mol. The summed E-state index contributed by atoms with van der Waals surface area (Å²) >= 11 is 0. The summed E-state index contributed by atoms with van der Waals surface area (Å²) in [4.78, 5) is 10.7. The summed E-state index contributed by atoms with van der Waals surface area (Å²) in [5.74, 6) is 1.07. The van der Waals surface area contributed by atoms with Crippen molar-refractivity contribution in [3.05, 3.63) is 40.2 Å². The molecule has 0 saturated carbocycles. The Morgan fingerprint density at radius 1 is 1.30 bits per heavy atom. The first kappa shape index (κ1) is 14.1. The third-order valence-electron chi connectivity index (χ3n) is 2.93. The van der Waals surface area contributed by atoms with E-state index in [1.54, 1.807) is 18.2 Å². The van der Waals surface area contributed by atoms with Crippen LogP contribution >= 0.6 is 0 Å². The van der Waals surface area contributed by atoms with Gasteiger partial charge < -0.3 is 10.3 Å². The molecule has 0 fully saturated rings. The number of nitro groups is 1. The van der Waals surface area contributed by atoms with Gasteiger partial charge in [-0.05, 0) is 26.8 Å². The number of nitro benzene ring substituents is 1. The van der Waals surface area contributed by atoms with E-state index in [1.165, 1.54) is 6.07 Å². The summed E-state index contributed by atoms with van der Waals surface area (Å²) in [6.07, 6.45) is 0. The molecule has 2 rings (SSSR count). The Bertz CT molecular complexity index is 642. The second kappa shape index (κ2) is 5.01. The first-order valence-corrected chi connectivity index (χ1v) is 6.25. The summed E-state index contributed by atoms with van der Waals surface area (Å²) < 4.78 is 1.84. The number of hydrogen-bond acceptors (Lipinski definition) is 5. The van der Waals surface area contributed by atoms with Gasteiger partial charge >= 0.3 is 0 Å². The van der Waals surface area contributed by atoms with Crippen molar-refractivity contribution < 1.29 is 4.92 Å². The van der Waals surface area contributed by atoms with Gasteiger partial charge in [-0.25, -0.2) is 0 Å². The molecule has 1 aromatic carbocycles. The van der Waals surface area contributed by atoms with E-state index in [9.17, 15) is 10.1 Å². The topological polar surface area (TPSA) is 99.9 Å². The quantitative estimate of drug-likeness (QED) is 0.682. The number of benzene rings is 1. The Morgan fingerprint density at radius 3 is 2.50 bits per heavy atom. The van der Waals surface area contributed by atoms with Gasteiger partial charge in [-0.15, -0.1) is 10.2 Å². The summed E-state index contributed by atoms with van der Waals surface area (Å²) in [7, 11) is 0. The standard InChI is InChI=1S/C13H17N5O2/c1-13(2,3)17-11(8-14)15-16-12(17)9-6-4-5-7-10(9)18(19)20/h4-7H,8,14H2,1-3H3. The van der Waals surface area contributed by atoms with Crippen LogP contribution in [-0.2, 0) is 12.1 Å². The van der Waals surface area contributed by atoms with Crippen molar-refractivity contribution >= 4 is 5.69 Å². The Kier molecular flexibility index (Phi) is 3.54. The Labute approximate surface area is 116 Å². The highest BCUT2D eigenvalue weighted by molar-refractivity contribution is 5.68. The highest BCUT2D eigenvalue weighted by Crippen LogP contribution is 2.31. The zero-order valence-corrected chi connectivity index (χ0v) is 11.7. The van der Waals surface area contributed by atoms with Crippen LogP contribution in [0.15, 0.2) is 24.3 Å². The van der Waals surface area contributed by atoms with Gasteiger partial charge in [-0.2, -0.15) is 0 Å². The van der Waals surface area contributed by atoms with Gasteiger partial charge in [-0.1, -0.05) is 12.1 Å². The van der Waals surface area contributed by atoms with E-state index in [2.05, 4.69) is 10.2 Å². The first-order chi connectivity index (χ1) is 9.36. The van der Waals surface area contributed by atoms with E-state index in [0.29, 0.717) is 17.2 Å². The molecule has 2 N–H and O–H groups in total. The van der Waals surface area contributed by atoms with Gasteiger partial charge in [0.2, 0.25) is 0 Å². The largest absolute Gasteiger partial charge is 0.324 e. The molecule has 106 valence electrons. The lowest BCUT2D eigenvalue weighted by atomic mass is 10.1. The number of rotatable bonds is 3. The molecule has 0 radical (unpaired) electrons. The molecule has 0 aliphatic rings. The SMILES string of the molecule is CC(C)(C)n1c(CN)nnc1-c1ccccc1[N+](=O)[O-]. The maximum atomic E-state index is 11.2. The fourth-order valence-corrected chi connectivity index (χ4v) is 2.15. The molecule has 1 heterocycles. The van der Waals surface area contributed by atoms with Crippen molar-refractivity contribution in [2.24, 2.45) is 5.73 Å². The molecular formula is C13H17N5O2. The minimum absolute atomic E-state index is 0.00831. The van der Waals surface area contributed by atoms with Gasteiger partial charge in [0, 0.05) is 11.6 Å². The summed E-state index contributed by atoms with van der Waals surface area (Å²) in [5.41, 5.74) is 5.81. The van der Waals surface area contributed by atoms with E-state index in [4.69, 9.17) is 5.73 Å². The van der Waals surface area contributed by atoms with Crippen LogP contribution in [0.3, 0.4) is 0 Å². The molecule has 2 aromatic rings. The van der Waals surface area contributed by atoms with Crippen LogP contribution in [-0.4, -0.2) is 19.7 Å². The predicted molar refractivity (Wildman–Crippen MR) is 75.0 cm³/mol. The van der Waals surface area contributed by atoms with Crippen molar-refractivity contribution in [3.8, 4) is 11.4 Å². The average Bonchev–Trinajstić information content (AvgIpc) is 2.82. The van der Waals surface area contributed by atoms with Crippen molar-refractivity contribution in [2.75, 3.05) is 0 Å². The Morgan fingerprint density at radius 2 is 1.95 bits per heavy atom. The predicted octanol–water partition coefficient (Wildman–Crippen LogP) is 2.07.